The van der Waals surface area contributed by atoms with E-state index in [0.29, 0.717) is 29.3 Å². The summed E-state index contributed by atoms with van der Waals surface area (Å²) < 4.78 is 28.4. The molecule has 1 aromatic heterocycles. The normalized spacial score (nSPS) is 11.0. The smallest absolute Gasteiger partial charge is 0.264 e. The van der Waals surface area contributed by atoms with Crippen molar-refractivity contribution in [3.8, 4) is 6.07 Å². The molecule has 0 unspecified atom stereocenters. The largest absolute Gasteiger partial charge is 0.307 e. The summed E-state index contributed by atoms with van der Waals surface area (Å²) in [4.78, 5) is 12.7. The van der Waals surface area contributed by atoms with Crippen molar-refractivity contribution in [3.05, 3.63) is 71.9 Å². The second kappa shape index (κ2) is 8.80. The number of nitrogens with zero attached hydrogens (tertiary/aromatic N) is 4. The Morgan fingerprint density at radius 2 is 1.83 bits per heavy atom. The van der Waals surface area contributed by atoms with Crippen LogP contribution in [0, 0.1) is 18.3 Å². The number of anilines is 2. The number of sulfonamides is 1. The third kappa shape index (κ3) is 4.50. The van der Waals surface area contributed by atoms with Gasteiger partial charge in [-0.15, -0.1) is 0 Å². The molecule has 1 amide bonds. The van der Waals surface area contributed by atoms with Crippen molar-refractivity contribution in [2.45, 2.75) is 24.8 Å². The fourth-order valence-corrected chi connectivity index (χ4v) is 4.07. The molecule has 0 fully saturated rings. The monoisotopic (exact) mass is 423 g/mol. The van der Waals surface area contributed by atoms with Crippen LogP contribution in [0.1, 0.15) is 22.5 Å². The Morgan fingerprint density at radius 3 is 2.47 bits per heavy atom. The Morgan fingerprint density at radius 1 is 1.17 bits per heavy atom. The molecule has 154 valence electrons. The lowest BCUT2D eigenvalue weighted by Crippen LogP contribution is -2.26. The minimum absolute atomic E-state index is 0.0836. The highest BCUT2D eigenvalue weighted by Crippen LogP contribution is 2.22. The van der Waals surface area contributed by atoms with E-state index >= 15 is 0 Å². The van der Waals surface area contributed by atoms with E-state index in [2.05, 4.69) is 10.4 Å². The molecule has 3 rings (SSSR count). The maximum absolute atomic E-state index is 12.8. The number of hydrogen-bond donors (Lipinski definition) is 1. The third-order valence-corrected chi connectivity index (χ3v) is 6.27. The van der Waals surface area contributed by atoms with Crippen LogP contribution in [0.3, 0.4) is 0 Å². The Bertz CT molecular complexity index is 1180. The van der Waals surface area contributed by atoms with Crippen molar-refractivity contribution in [1.82, 2.24) is 9.78 Å². The van der Waals surface area contributed by atoms with Gasteiger partial charge in [0.15, 0.2) is 0 Å². The van der Waals surface area contributed by atoms with Crippen molar-refractivity contribution < 1.29 is 13.2 Å². The molecule has 1 N–H and O–H groups in total. The van der Waals surface area contributed by atoms with Gasteiger partial charge in [0.05, 0.1) is 35.3 Å². The van der Waals surface area contributed by atoms with E-state index in [0.717, 1.165) is 0 Å². The van der Waals surface area contributed by atoms with Crippen LogP contribution in [0.4, 0.5) is 11.5 Å². The van der Waals surface area contributed by atoms with Crippen LogP contribution >= 0.6 is 0 Å². The van der Waals surface area contributed by atoms with Crippen LogP contribution in [-0.2, 0) is 16.6 Å². The van der Waals surface area contributed by atoms with E-state index in [1.807, 2.05) is 12.1 Å². The molecule has 0 aliphatic rings. The maximum atomic E-state index is 12.8. The molecule has 8 nitrogen and oxygen atoms in total. The maximum Gasteiger partial charge on any atom is 0.264 e. The molecule has 1 heterocycles. The first-order valence-electron chi connectivity index (χ1n) is 9.19. The first-order valence-corrected chi connectivity index (χ1v) is 10.6. The summed E-state index contributed by atoms with van der Waals surface area (Å²) in [5.41, 5.74) is 1.57. The van der Waals surface area contributed by atoms with Gasteiger partial charge >= 0.3 is 0 Å². The number of aromatic nitrogens is 2. The molecule has 2 aromatic carbocycles. The molecule has 0 bridgehead atoms. The number of nitriles is 1. The number of hydrogen-bond acceptors (Lipinski definition) is 5. The van der Waals surface area contributed by atoms with Gasteiger partial charge in [-0.3, -0.25) is 9.10 Å². The summed E-state index contributed by atoms with van der Waals surface area (Å²) in [5.74, 6) is 0.0849. The average Bonchev–Trinajstić information content (AvgIpc) is 3.11. The molecular weight excluding hydrogens is 402 g/mol. The van der Waals surface area contributed by atoms with Gasteiger partial charge in [-0.2, -0.15) is 10.4 Å². The van der Waals surface area contributed by atoms with Gasteiger partial charge in [-0.05, 0) is 43.3 Å². The summed E-state index contributed by atoms with van der Waals surface area (Å²) in [5, 5.41) is 15.8. The minimum atomic E-state index is -3.75. The average molecular weight is 423 g/mol. The molecular formula is C21H21N5O3S. The Kier molecular flexibility index (Phi) is 6.18. The van der Waals surface area contributed by atoms with Gasteiger partial charge in [0.25, 0.3) is 15.9 Å². The van der Waals surface area contributed by atoms with Crippen LogP contribution in [0.2, 0.25) is 0 Å². The number of aryl methyl sites for hydroxylation is 2. The highest BCUT2D eigenvalue weighted by atomic mass is 32.2. The highest BCUT2D eigenvalue weighted by Gasteiger charge is 2.21. The zero-order valence-electron chi connectivity index (χ0n) is 16.6. The minimum Gasteiger partial charge on any atom is -0.307 e. The molecule has 30 heavy (non-hydrogen) atoms. The number of rotatable bonds is 7. The quantitative estimate of drug-likeness (QED) is 0.628. The summed E-state index contributed by atoms with van der Waals surface area (Å²) in [7, 11) is -2.27. The van der Waals surface area contributed by atoms with Gasteiger partial charge < -0.3 is 5.32 Å². The molecule has 0 radical (unpaired) electrons. The van der Waals surface area contributed by atoms with Gasteiger partial charge in [0.1, 0.15) is 5.82 Å². The molecule has 0 atom stereocenters. The number of amides is 1. The van der Waals surface area contributed by atoms with E-state index in [1.165, 1.54) is 35.6 Å². The molecule has 0 aliphatic heterocycles. The third-order valence-electron chi connectivity index (χ3n) is 4.47. The van der Waals surface area contributed by atoms with Crippen molar-refractivity contribution >= 4 is 27.4 Å². The van der Waals surface area contributed by atoms with Crippen molar-refractivity contribution in [1.29, 1.82) is 5.26 Å². The van der Waals surface area contributed by atoms with Gasteiger partial charge in [-0.25, -0.2) is 13.1 Å². The lowest BCUT2D eigenvalue weighted by molar-refractivity contribution is 0.102. The summed E-state index contributed by atoms with van der Waals surface area (Å²) in [6.45, 7) is 2.16. The van der Waals surface area contributed by atoms with Crippen molar-refractivity contribution in [2.24, 2.45) is 0 Å². The topological polar surface area (TPSA) is 108 Å². The number of para-hydroxylation sites is 1. The van der Waals surface area contributed by atoms with Gasteiger partial charge in [-0.1, -0.05) is 18.2 Å². The Balaban J connectivity index is 1.77. The van der Waals surface area contributed by atoms with Crippen LogP contribution < -0.4 is 9.62 Å². The van der Waals surface area contributed by atoms with Crippen LogP contribution in [0.25, 0.3) is 0 Å². The van der Waals surface area contributed by atoms with E-state index < -0.39 is 15.9 Å². The molecule has 0 spiro atoms. The number of benzene rings is 2. The van der Waals surface area contributed by atoms with E-state index in [-0.39, 0.29) is 11.3 Å². The van der Waals surface area contributed by atoms with Crippen LogP contribution in [0.5, 0.6) is 0 Å². The van der Waals surface area contributed by atoms with Gasteiger partial charge in [0, 0.05) is 18.7 Å². The SMILES string of the molecule is Cc1cc(NC(=O)c2ccc(S(=O)(=O)N(C)c3ccccc3)cc2)n(CCC#N)n1. The molecule has 9 heteroatoms. The number of carbonyl (C=O) groups excluding carboxylic acids is 1. The summed E-state index contributed by atoms with van der Waals surface area (Å²) in [6, 6.07) is 18.2. The zero-order chi connectivity index (χ0) is 21.7. The van der Waals surface area contributed by atoms with Crippen molar-refractivity contribution in [3.63, 3.8) is 0 Å². The predicted molar refractivity (Wildman–Crippen MR) is 114 cm³/mol. The lowest BCUT2D eigenvalue weighted by atomic mass is 10.2. The van der Waals surface area contributed by atoms with Crippen molar-refractivity contribution in [2.75, 3.05) is 16.7 Å². The van der Waals surface area contributed by atoms with Crippen LogP contribution in [-0.4, -0.2) is 31.2 Å². The van der Waals surface area contributed by atoms with Gasteiger partial charge in [0.2, 0.25) is 0 Å². The number of carbonyl (C=O) groups is 1. The standard InChI is InChI=1S/C21H21N5O3S/c1-16-15-20(26(24-16)14-6-13-22)23-21(27)17-9-11-19(12-10-17)30(28,29)25(2)18-7-4-3-5-8-18/h3-5,7-12,15H,6,14H2,1-2H3,(H,23,27). The fourth-order valence-electron chi connectivity index (χ4n) is 2.87. The second-order valence-electron chi connectivity index (χ2n) is 6.59. The lowest BCUT2D eigenvalue weighted by Gasteiger charge is -2.19. The summed E-state index contributed by atoms with van der Waals surface area (Å²) in [6.07, 6.45) is 0.269. The summed E-state index contributed by atoms with van der Waals surface area (Å²) >= 11 is 0. The molecule has 0 saturated carbocycles. The zero-order valence-corrected chi connectivity index (χ0v) is 17.4. The Hall–Kier alpha value is -3.64. The highest BCUT2D eigenvalue weighted by molar-refractivity contribution is 7.92. The molecule has 0 saturated heterocycles. The number of nitrogens with one attached hydrogen (secondary N) is 1. The Labute approximate surface area is 175 Å². The fraction of sp³-hybridized carbons (Fsp3) is 0.190. The van der Waals surface area contributed by atoms with Crippen LogP contribution in [0.15, 0.2) is 65.6 Å². The second-order valence-corrected chi connectivity index (χ2v) is 8.56. The first kappa shape index (κ1) is 21.1. The first-order chi connectivity index (χ1) is 14.3. The molecule has 0 aliphatic carbocycles. The van der Waals surface area contributed by atoms with E-state index in [1.54, 1.807) is 41.9 Å². The molecule has 3 aromatic rings. The van der Waals surface area contributed by atoms with E-state index in [9.17, 15) is 13.2 Å². The predicted octanol–water partition coefficient (Wildman–Crippen LogP) is 3.18. The van der Waals surface area contributed by atoms with E-state index in [4.69, 9.17) is 5.26 Å².